The topological polar surface area (TPSA) is 94.0 Å². The summed E-state index contributed by atoms with van der Waals surface area (Å²) in [5.74, 6) is -0.568. The largest absolute Gasteiger partial charge is 0.433 e. The summed E-state index contributed by atoms with van der Waals surface area (Å²) in [6.07, 6.45) is -3.68. The molecular formula is C11H15F3N4O. The van der Waals surface area contributed by atoms with Crippen LogP contribution in [0.2, 0.25) is 0 Å². The van der Waals surface area contributed by atoms with E-state index in [1.54, 1.807) is 13.8 Å². The summed E-state index contributed by atoms with van der Waals surface area (Å²) in [6.45, 7) is 3.26. The normalized spacial score (nSPS) is 12.3. The number of primary amides is 1. The highest BCUT2D eigenvalue weighted by Crippen LogP contribution is 2.32. The summed E-state index contributed by atoms with van der Waals surface area (Å²) in [6, 6.07) is 0.804. The molecule has 0 fully saturated rings. The van der Waals surface area contributed by atoms with Gasteiger partial charge in [-0.3, -0.25) is 4.79 Å². The van der Waals surface area contributed by atoms with E-state index in [1.165, 1.54) is 0 Å². The number of hydrogen-bond acceptors (Lipinski definition) is 4. The zero-order valence-corrected chi connectivity index (χ0v) is 10.5. The number of nitrogens with two attached hydrogens (primary N) is 2. The van der Waals surface area contributed by atoms with E-state index in [0.29, 0.717) is 0 Å². The number of alkyl halides is 3. The van der Waals surface area contributed by atoms with Crippen molar-refractivity contribution in [3.05, 3.63) is 18.0 Å². The Morgan fingerprint density at radius 2 is 2.00 bits per heavy atom. The molecule has 0 bridgehead atoms. The molecule has 0 spiro atoms. The van der Waals surface area contributed by atoms with Gasteiger partial charge in [0.15, 0.2) is 0 Å². The molecule has 0 aromatic carbocycles. The SMILES string of the molecule is CC(C)(CC(N)=O)Nc1cc(C(F)(F)F)ncc1N. The number of halogens is 3. The average Bonchev–Trinajstić information content (AvgIpc) is 2.17. The summed E-state index contributed by atoms with van der Waals surface area (Å²) < 4.78 is 37.6. The fourth-order valence-electron chi connectivity index (χ4n) is 1.57. The lowest BCUT2D eigenvalue weighted by molar-refractivity contribution is -0.141. The highest BCUT2D eigenvalue weighted by molar-refractivity contribution is 5.76. The molecule has 0 saturated heterocycles. The van der Waals surface area contributed by atoms with Crippen molar-refractivity contribution in [3.8, 4) is 0 Å². The lowest BCUT2D eigenvalue weighted by Crippen LogP contribution is -2.36. The third-order valence-corrected chi connectivity index (χ3v) is 2.31. The molecule has 1 rings (SSSR count). The summed E-state index contributed by atoms with van der Waals surface area (Å²) in [4.78, 5) is 14.1. The molecule has 1 aromatic heterocycles. The number of carbonyl (C=O) groups excluding carboxylic acids is 1. The molecule has 0 aliphatic carbocycles. The molecule has 1 heterocycles. The fraction of sp³-hybridized carbons (Fsp3) is 0.455. The summed E-state index contributed by atoms with van der Waals surface area (Å²) in [5, 5.41) is 2.76. The minimum atomic E-state index is -4.56. The Balaban J connectivity index is 3.04. The van der Waals surface area contributed by atoms with Crippen molar-refractivity contribution in [3.63, 3.8) is 0 Å². The molecule has 1 amide bonds. The summed E-state index contributed by atoms with van der Waals surface area (Å²) in [5.41, 5.74) is 8.88. The Kier molecular flexibility index (Phi) is 3.92. The first-order valence-electron chi connectivity index (χ1n) is 5.40. The lowest BCUT2D eigenvalue weighted by Gasteiger charge is -2.27. The van der Waals surface area contributed by atoms with Gasteiger partial charge in [-0.05, 0) is 19.9 Å². The van der Waals surface area contributed by atoms with Crippen LogP contribution in [-0.4, -0.2) is 16.4 Å². The molecule has 0 saturated carbocycles. The second-order valence-electron chi connectivity index (χ2n) is 4.81. The average molecular weight is 276 g/mol. The Bertz CT molecular complexity index is 485. The van der Waals surface area contributed by atoms with Crippen molar-refractivity contribution >= 4 is 17.3 Å². The number of rotatable bonds is 4. The van der Waals surface area contributed by atoms with Crippen molar-refractivity contribution in [2.24, 2.45) is 5.73 Å². The van der Waals surface area contributed by atoms with Crippen molar-refractivity contribution < 1.29 is 18.0 Å². The fourth-order valence-corrected chi connectivity index (χ4v) is 1.57. The zero-order chi connectivity index (χ0) is 14.8. The van der Waals surface area contributed by atoms with E-state index in [9.17, 15) is 18.0 Å². The van der Waals surface area contributed by atoms with Crippen LogP contribution in [0.5, 0.6) is 0 Å². The highest BCUT2D eigenvalue weighted by Gasteiger charge is 2.33. The quantitative estimate of drug-likeness (QED) is 0.780. The maximum atomic E-state index is 12.5. The van der Waals surface area contributed by atoms with Crippen molar-refractivity contribution in [1.82, 2.24) is 4.98 Å². The van der Waals surface area contributed by atoms with Gasteiger partial charge >= 0.3 is 6.18 Å². The summed E-state index contributed by atoms with van der Waals surface area (Å²) >= 11 is 0. The van der Waals surface area contributed by atoms with Crippen LogP contribution in [0.3, 0.4) is 0 Å². The van der Waals surface area contributed by atoms with Gasteiger partial charge in [-0.1, -0.05) is 0 Å². The number of anilines is 2. The molecule has 106 valence electrons. The molecule has 0 aliphatic rings. The second-order valence-corrected chi connectivity index (χ2v) is 4.81. The van der Waals surface area contributed by atoms with Crippen LogP contribution < -0.4 is 16.8 Å². The minimum Gasteiger partial charge on any atom is -0.396 e. The number of nitrogen functional groups attached to an aromatic ring is 1. The number of amides is 1. The van der Waals surface area contributed by atoms with E-state index in [4.69, 9.17) is 11.5 Å². The van der Waals surface area contributed by atoms with Crippen LogP contribution in [0.25, 0.3) is 0 Å². The molecule has 5 nitrogen and oxygen atoms in total. The van der Waals surface area contributed by atoms with E-state index >= 15 is 0 Å². The van der Waals surface area contributed by atoms with Gasteiger partial charge in [0.1, 0.15) is 5.69 Å². The maximum Gasteiger partial charge on any atom is 0.433 e. The van der Waals surface area contributed by atoms with Gasteiger partial charge in [0.25, 0.3) is 0 Å². The predicted octanol–water partition coefficient (Wildman–Crippen LogP) is 1.75. The third-order valence-electron chi connectivity index (χ3n) is 2.31. The standard InChI is InChI=1S/C11H15F3N4O/c1-10(2,4-9(16)19)18-7-3-8(11(12,13)14)17-5-6(7)15/h3,5H,4,15H2,1-2H3,(H2,16,19)(H,17,18). The first-order chi connectivity index (χ1) is 8.51. The van der Waals surface area contributed by atoms with Crippen LogP contribution in [0.4, 0.5) is 24.5 Å². The van der Waals surface area contributed by atoms with E-state index in [2.05, 4.69) is 10.3 Å². The molecule has 1 aromatic rings. The Morgan fingerprint density at radius 1 is 1.42 bits per heavy atom. The van der Waals surface area contributed by atoms with Gasteiger partial charge < -0.3 is 16.8 Å². The second kappa shape index (κ2) is 4.94. The van der Waals surface area contributed by atoms with Gasteiger partial charge in [0.05, 0.1) is 17.6 Å². The smallest absolute Gasteiger partial charge is 0.396 e. The number of nitrogens with one attached hydrogen (secondary N) is 1. The van der Waals surface area contributed by atoms with Gasteiger partial charge in [0.2, 0.25) is 5.91 Å². The van der Waals surface area contributed by atoms with Crippen molar-refractivity contribution in [2.75, 3.05) is 11.1 Å². The monoisotopic (exact) mass is 276 g/mol. The van der Waals surface area contributed by atoms with E-state index in [1.807, 2.05) is 0 Å². The van der Waals surface area contributed by atoms with Crippen LogP contribution in [0.1, 0.15) is 26.0 Å². The molecule has 0 radical (unpaired) electrons. The molecule has 0 atom stereocenters. The van der Waals surface area contributed by atoms with E-state index < -0.39 is 23.3 Å². The summed E-state index contributed by atoms with van der Waals surface area (Å²) in [7, 11) is 0. The molecule has 5 N–H and O–H groups in total. The van der Waals surface area contributed by atoms with E-state index in [-0.39, 0.29) is 17.8 Å². The minimum absolute atomic E-state index is 0.0455. The molecule has 0 aliphatic heterocycles. The van der Waals surface area contributed by atoms with Gasteiger partial charge in [-0.15, -0.1) is 0 Å². The van der Waals surface area contributed by atoms with Gasteiger partial charge in [-0.2, -0.15) is 13.2 Å². The number of hydrogen-bond donors (Lipinski definition) is 3. The van der Waals surface area contributed by atoms with Gasteiger partial charge in [0, 0.05) is 12.0 Å². The Hall–Kier alpha value is -1.99. The highest BCUT2D eigenvalue weighted by atomic mass is 19.4. The molecule has 8 heteroatoms. The third kappa shape index (κ3) is 4.31. The van der Waals surface area contributed by atoms with E-state index in [0.717, 1.165) is 12.3 Å². The Labute approximate surface area is 108 Å². The number of aromatic nitrogens is 1. The van der Waals surface area contributed by atoms with Crippen LogP contribution >= 0.6 is 0 Å². The first-order valence-corrected chi connectivity index (χ1v) is 5.40. The van der Waals surface area contributed by atoms with Crippen molar-refractivity contribution in [1.29, 1.82) is 0 Å². The Morgan fingerprint density at radius 3 is 2.47 bits per heavy atom. The first kappa shape index (κ1) is 15.1. The number of pyridine rings is 1. The number of nitrogens with zero attached hydrogens (tertiary/aromatic N) is 1. The van der Waals surface area contributed by atoms with Crippen molar-refractivity contribution in [2.45, 2.75) is 32.0 Å². The maximum absolute atomic E-state index is 12.5. The molecule has 19 heavy (non-hydrogen) atoms. The molecule has 0 unspecified atom stereocenters. The predicted molar refractivity (Wildman–Crippen MR) is 65.2 cm³/mol. The molecular weight excluding hydrogens is 261 g/mol. The van der Waals surface area contributed by atoms with Gasteiger partial charge in [-0.25, -0.2) is 4.98 Å². The van der Waals surface area contributed by atoms with Crippen LogP contribution in [0, 0.1) is 0 Å². The van der Waals surface area contributed by atoms with Crippen LogP contribution in [-0.2, 0) is 11.0 Å². The van der Waals surface area contributed by atoms with Crippen LogP contribution in [0.15, 0.2) is 12.3 Å². The lowest BCUT2D eigenvalue weighted by atomic mass is 9.99. The zero-order valence-electron chi connectivity index (χ0n) is 10.5. The number of carbonyl (C=O) groups is 1.